The maximum atomic E-state index is 13.1. The van der Waals surface area contributed by atoms with Gasteiger partial charge in [-0.3, -0.25) is 4.90 Å². The number of halogens is 1. The average molecular weight is 252 g/mol. The number of rotatable bonds is 7. The van der Waals surface area contributed by atoms with Crippen LogP contribution < -0.4 is 5.32 Å². The zero-order valence-corrected chi connectivity index (χ0v) is 11.9. The standard InChI is InChI=1S/C15H25FN2/c1-5-12(2)17-10-13(3)18(4)11-14-7-6-8-15(16)9-14/h6-9,12-13,17H,5,10-11H2,1-4H3. The predicted octanol–water partition coefficient (Wildman–Crippen LogP) is 3.03. The fourth-order valence-corrected chi connectivity index (χ4v) is 1.75. The number of nitrogens with one attached hydrogen (secondary N) is 1. The average Bonchev–Trinajstić information content (AvgIpc) is 2.35. The lowest BCUT2D eigenvalue weighted by atomic mass is 10.2. The summed E-state index contributed by atoms with van der Waals surface area (Å²) in [6, 6.07) is 7.80. The van der Waals surface area contributed by atoms with E-state index in [9.17, 15) is 4.39 Å². The van der Waals surface area contributed by atoms with E-state index in [1.54, 1.807) is 12.1 Å². The highest BCUT2D eigenvalue weighted by atomic mass is 19.1. The van der Waals surface area contributed by atoms with Crippen molar-refractivity contribution in [3.63, 3.8) is 0 Å². The van der Waals surface area contributed by atoms with E-state index < -0.39 is 0 Å². The van der Waals surface area contributed by atoms with Crippen LogP contribution in [-0.2, 0) is 6.54 Å². The van der Waals surface area contributed by atoms with E-state index in [2.05, 4.69) is 38.0 Å². The smallest absolute Gasteiger partial charge is 0.123 e. The summed E-state index contributed by atoms with van der Waals surface area (Å²) in [5, 5.41) is 3.49. The molecule has 0 saturated carbocycles. The molecule has 102 valence electrons. The van der Waals surface area contributed by atoms with E-state index in [-0.39, 0.29) is 5.82 Å². The van der Waals surface area contributed by atoms with Crippen LogP contribution in [0.5, 0.6) is 0 Å². The van der Waals surface area contributed by atoms with E-state index in [0.29, 0.717) is 12.1 Å². The second-order valence-electron chi connectivity index (χ2n) is 5.11. The molecule has 0 aliphatic carbocycles. The number of benzene rings is 1. The Balaban J connectivity index is 2.42. The minimum Gasteiger partial charge on any atom is -0.313 e. The molecule has 0 aromatic heterocycles. The zero-order valence-electron chi connectivity index (χ0n) is 11.9. The van der Waals surface area contributed by atoms with Crippen molar-refractivity contribution in [2.24, 2.45) is 0 Å². The summed E-state index contributed by atoms with van der Waals surface area (Å²) in [4.78, 5) is 2.24. The molecule has 0 aliphatic rings. The van der Waals surface area contributed by atoms with Gasteiger partial charge in [0.25, 0.3) is 0 Å². The van der Waals surface area contributed by atoms with Crippen LogP contribution in [0.25, 0.3) is 0 Å². The minimum atomic E-state index is -0.161. The lowest BCUT2D eigenvalue weighted by Crippen LogP contribution is -2.40. The Hall–Kier alpha value is -0.930. The van der Waals surface area contributed by atoms with Crippen LogP contribution in [0, 0.1) is 5.82 Å². The summed E-state index contributed by atoms with van der Waals surface area (Å²) < 4.78 is 13.1. The maximum Gasteiger partial charge on any atom is 0.123 e. The first kappa shape index (κ1) is 15.1. The van der Waals surface area contributed by atoms with Crippen LogP contribution in [0.4, 0.5) is 4.39 Å². The first-order valence-corrected chi connectivity index (χ1v) is 6.71. The molecule has 0 saturated heterocycles. The predicted molar refractivity (Wildman–Crippen MR) is 75.1 cm³/mol. The Labute approximate surface area is 110 Å². The van der Waals surface area contributed by atoms with Gasteiger partial charge in [-0.1, -0.05) is 19.1 Å². The molecule has 1 rings (SSSR count). The van der Waals surface area contributed by atoms with E-state index in [1.807, 2.05) is 6.07 Å². The van der Waals surface area contributed by atoms with Crippen LogP contribution >= 0.6 is 0 Å². The molecule has 2 unspecified atom stereocenters. The van der Waals surface area contributed by atoms with Crippen molar-refractivity contribution in [2.45, 2.75) is 45.8 Å². The van der Waals surface area contributed by atoms with Crippen molar-refractivity contribution in [1.82, 2.24) is 10.2 Å². The van der Waals surface area contributed by atoms with Crippen molar-refractivity contribution in [3.8, 4) is 0 Å². The second kappa shape index (κ2) is 7.49. The van der Waals surface area contributed by atoms with Gasteiger partial charge >= 0.3 is 0 Å². The van der Waals surface area contributed by atoms with Crippen molar-refractivity contribution in [1.29, 1.82) is 0 Å². The zero-order chi connectivity index (χ0) is 13.5. The third kappa shape index (κ3) is 5.15. The van der Waals surface area contributed by atoms with Crippen LogP contribution in [-0.4, -0.2) is 30.6 Å². The Morgan fingerprint density at radius 2 is 2.06 bits per heavy atom. The molecule has 1 aromatic rings. The number of nitrogens with zero attached hydrogens (tertiary/aromatic N) is 1. The fraction of sp³-hybridized carbons (Fsp3) is 0.600. The van der Waals surface area contributed by atoms with Gasteiger partial charge in [0, 0.05) is 25.2 Å². The van der Waals surface area contributed by atoms with E-state index in [4.69, 9.17) is 0 Å². The Kier molecular flexibility index (Phi) is 6.30. The van der Waals surface area contributed by atoms with Crippen LogP contribution in [0.3, 0.4) is 0 Å². The Bertz CT molecular complexity index is 354. The van der Waals surface area contributed by atoms with Gasteiger partial charge in [-0.05, 0) is 45.0 Å². The molecule has 18 heavy (non-hydrogen) atoms. The molecule has 0 fully saturated rings. The van der Waals surface area contributed by atoms with Gasteiger partial charge in [0.05, 0.1) is 0 Å². The first-order valence-electron chi connectivity index (χ1n) is 6.71. The number of hydrogen-bond donors (Lipinski definition) is 1. The number of likely N-dealkylation sites (N-methyl/N-ethyl adjacent to an activating group) is 1. The maximum absolute atomic E-state index is 13.1. The van der Waals surface area contributed by atoms with Gasteiger partial charge in [-0.15, -0.1) is 0 Å². The van der Waals surface area contributed by atoms with E-state index >= 15 is 0 Å². The molecule has 2 atom stereocenters. The monoisotopic (exact) mass is 252 g/mol. The summed E-state index contributed by atoms with van der Waals surface area (Å²) >= 11 is 0. The molecule has 0 radical (unpaired) electrons. The fourth-order valence-electron chi connectivity index (χ4n) is 1.75. The molecule has 0 aliphatic heterocycles. The molecular formula is C15H25FN2. The molecule has 1 aromatic carbocycles. The largest absolute Gasteiger partial charge is 0.313 e. The molecule has 3 heteroatoms. The SMILES string of the molecule is CCC(C)NCC(C)N(C)Cc1cccc(F)c1. The van der Waals surface area contributed by atoms with Crippen LogP contribution in [0.2, 0.25) is 0 Å². The highest BCUT2D eigenvalue weighted by molar-refractivity contribution is 5.16. The Morgan fingerprint density at radius 1 is 1.33 bits per heavy atom. The lowest BCUT2D eigenvalue weighted by Gasteiger charge is -2.26. The van der Waals surface area contributed by atoms with Gasteiger partial charge < -0.3 is 5.32 Å². The summed E-state index contributed by atoms with van der Waals surface area (Å²) in [6.45, 7) is 8.30. The summed E-state index contributed by atoms with van der Waals surface area (Å²) in [5.41, 5.74) is 1.02. The highest BCUT2D eigenvalue weighted by Crippen LogP contribution is 2.08. The molecular weight excluding hydrogens is 227 g/mol. The third-order valence-corrected chi connectivity index (χ3v) is 3.45. The van der Waals surface area contributed by atoms with Crippen molar-refractivity contribution >= 4 is 0 Å². The third-order valence-electron chi connectivity index (χ3n) is 3.45. The quantitative estimate of drug-likeness (QED) is 0.802. The molecule has 0 heterocycles. The Morgan fingerprint density at radius 3 is 2.67 bits per heavy atom. The molecule has 2 nitrogen and oxygen atoms in total. The van der Waals surface area contributed by atoms with E-state index in [0.717, 1.165) is 25.1 Å². The molecule has 0 spiro atoms. The lowest BCUT2D eigenvalue weighted by molar-refractivity contribution is 0.237. The van der Waals surface area contributed by atoms with Crippen LogP contribution in [0.1, 0.15) is 32.8 Å². The van der Waals surface area contributed by atoms with Gasteiger partial charge in [-0.25, -0.2) is 4.39 Å². The van der Waals surface area contributed by atoms with Gasteiger partial charge in [-0.2, -0.15) is 0 Å². The van der Waals surface area contributed by atoms with Crippen molar-refractivity contribution in [2.75, 3.05) is 13.6 Å². The normalized spacial score (nSPS) is 14.8. The van der Waals surface area contributed by atoms with Gasteiger partial charge in [0.15, 0.2) is 0 Å². The van der Waals surface area contributed by atoms with Crippen molar-refractivity contribution in [3.05, 3.63) is 35.6 Å². The molecule has 0 bridgehead atoms. The topological polar surface area (TPSA) is 15.3 Å². The number of hydrogen-bond acceptors (Lipinski definition) is 2. The summed E-state index contributed by atoms with van der Waals surface area (Å²) in [7, 11) is 2.08. The highest BCUT2D eigenvalue weighted by Gasteiger charge is 2.10. The van der Waals surface area contributed by atoms with E-state index in [1.165, 1.54) is 6.07 Å². The molecule has 0 amide bonds. The van der Waals surface area contributed by atoms with Crippen LogP contribution in [0.15, 0.2) is 24.3 Å². The molecule has 1 N–H and O–H groups in total. The second-order valence-corrected chi connectivity index (χ2v) is 5.11. The van der Waals surface area contributed by atoms with Crippen molar-refractivity contribution < 1.29 is 4.39 Å². The van der Waals surface area contributed by atoms with Gasteiger partial charge in [0.1, 0.15) is 5.82 Å². The van der Waals surface area contributed by atoms with Gasteiger partial charge in [0.2, 0.25) is 0 Å². The summed E-state index contributed by atoms with van der Waals surface area (Å²) in [6.07, 6.45) is 1.14. The summed E-state index contributed by atoms with van der Waals surface area (Å²) in [5.74, 6) is -0.161. The first-order chi connectivity index (χ1) is 8.52. The minimum absolute atomic E-state index is 0.161.